The topological polar surface area (TPSA) is 12.9 Å². The number of pyridine rings is 1. The van der Waals surface area contributed by atoms with Gasteiger partial charge >= 0.3 is 0 Å². The van der Waals surface area contributed by atoms with Crippen molar-refractivity contribution in [2.45, 2.75) is 20.8 Å². The van der Waals surface area contributed by atoms with E-state index in [0.29, 0.717) is 0 Å². The summed E-state index contributed by atoms with van der Waals surface area (Å²) in [6, 6.07) is 8.51. The van der Waals surface area contributed by atoms with Crippen molar-refractivity contribution in [1.82, 2.24) is 4.98 Å². The summed E-state index contributed by atoms with van der Waals surface area (Å²) in [6.45, 7) is 5.97. The average Bonchev–Trinajstić information content (AvgIpc) is 2.46. The van der Waals surface area contributed by atoms with Crippen LogP contribution in [0.4, 0.5) is 8.39 Å². The van der Waals surface area contributed by atoms with Crippen LogP contribution in [0.5, 0.6) is 0 Å². The third kappa shape index (κ3) is 3.10. The third-order valence-corrected chi connectivity index (χ3v) is 3.93. The van der Waals surface area contributed by atoms with Gasteiger partial charge in [-0.1, -0.05) is 18.2 Å². The van der Waals surface area contributed by atoms with Crippen LogP contribution in [-0.2, 0) is 0 Å². The van der Waals surface area contributed by atoms with Gasteiger partial charge in [0, 0.05) is 17.1 Å². The predicted octanol–water partition coefficient (Wildman–Crippen LogP) is 5.36. The summed E-state index contributed by atoms with van der Waals surface area (Å²) in [6.07, 6.45) is 3.75. The average molecular weight is 291 g/mol. The van der Waals surface area contributed by atoms with E-state index in [1.54, 1.807) is 18.3 Å². The van der Waals surface area contributed by atoms with Crippen molar-refractivity contribution in [3.63, 3.8) is 0 Å². The molecule has 0 atom stereocenters. The molecule has 0 aliphatic heterocycles. The van der Waals surface area contributed by atoms with E-state index in [-0.39, 0.29) is 5.30 Å². The molecule has 0 saturated heterocycles. The van der Waals surface area contributed by atoms with E-state index in [4.69, 9.17) is 0 Å². The number of allylic oxidation sites excluding steroid dienone is 2. The fourth-order valence-corrected chi connectivity index (χ4v) is 2.51. The summed E-state index contributed by atoms with van der Waals surface area (Å²) in [7, 11) is -3.06. The maximum absolute atomic E-state index is 12.8. The number of halogens is 2. The molecule has 104 valence electrons. The Balaban J connectivity index is 2.44. The highest BCUT2D eigenvalue weighted by atomic mass is 31.2. The van der Waals surface area contributed by atoms with Crippen LogP contribution in [-0.4, -0.2) is 4.98 Å². The van der Waals surface area contributed by atoms with Crippen LogP contribution in [0.1, 0.15) is 25.1 Å². The van der Waals surface area contributed by atoms with Gasteiger partial charge in [0.1, 0.15) is 0 Å². The molecule has 4 heteroatoms. The first kappa shape index (κ1) is 14.8. The first-order valence-corrected chi connectivity index (χ1v) is 7.47. The van der Waals surface area contributed by atoms with Gasteiger partial charge in [-0.3, -0.25) is 4.98 Å². The second-order valence-corrected chi connectivity index (χ2v) is 5.63. The van der Waals surface area contributed by atoms with Gasteiger partial charge in [0.2, 0.25) is 0 Å². The lowest BCUT2D eigenvalue weighted by atomic mass is 10.0. The monoisotopic (exact) mass is 291 g/mol. The van der Waals surface area contributed by atoms with Gasteiger partial charge in [-0.2, -0.15) is 8.39 Å². The summed E-state index contributed by atoms with van der Waals surface area (Å²) in [4.78, 5) is 4.45. The quantitative estimate of drug-likeness (QED) is 0.694. The van der Waals surface area contributed by atoms with Crippen molar-refractivity contribution >= 4 is 19.4 Å². The number of aromatic nitrogens is 1. The molecule has 0 spiro atoms. The molecule has 0 unspecified atom stereocenters. The lowest BCUT2D eigenvalue weighted by Crippen LogP contribution is -1.97. The molecule has 1 heterocycles. The highest BCUT2D eigenvalue weighted by Gasteiger charge is 2.10. The highest BCUT2D eigenvalue weighted by molar-refractivity contribution is 7.55. The zero-order valence-electron chi connectivity index (χ0n) is 11.7. The summed E-state index contributed by atoms with van der Waals surface area (Å²) in [5.41, 5.74) is 4.76. The Labute approximate surface area is 119 Å². The van der Waals surface area contributed by atoms with E-state index in [1.165, 1.54) is 6.07 Å². The lowest BCUT2D eigenvalue weighted by molar-refractivity contribution is 0.763. The number of hydrogen-bond acceptors (Lipinski definition) is 1. The molecule has 0 fully saturated rings. The van der Waals surface area contributed by atoms with Crippen LogP contribution in [0.15, 0.2) is 42.6 Å². The number of aryl methyl sites for hydroxylation is 1. The summed E-state index contributed by atoms with van der Waals surface area (Å²) < 4.78 is 25.6. The molecule has 1 aromatic carbocycles. The van der Waals surface area contributed by atoms with Crippen LogP contribution in [0.3, 0.4) is 0 Å². The highest BCUT2D eigenvalue weighted by Crippen LogP contribution is 2.38. The minimum atomic E-state index is -3.06. The summed E-state index contributed by atoms with van der Waals surface area (Å²) >= 11 is 0. The molecular weight excluding hydrogens is 275 g/mol. The Morgan fingerprint density at radius 3 is 2.55 bits per heavy atom. The van der Waals surface area contributed by atoms with E-state index in [9.17, 15) is 8.39 Å². The van der Waals surface area contributed by atoms with E-state index >= 15 is 0 Å². The van der Waals surface area contributed by atoms with Crippen molar-refractivity contribution < 1.29 is 8.39 Å². The largest absolute Gasteiger partial charge is 0.298 e. The van der Waals surface area contributed by atoms with Crippen molar-refractivity contribution in [3.8, 4) is 11.1 Å². The molecular formula is C16H16F2NP. The third-order valence-electron chi connectivity index (χ3n) is 3.26. The van der Waals surface area contributed by atoms with Gasteiger partial charge in [-0.25, -0.2) is 0 Å². The summed E-state index contributed by atoms with van der Waals surface area (Å²) in [5, 5.41) is 0.101. The normalized spacial score (nSPS) is 12.0. The van der Waals surface area contributed by atoms with Crippen LogP contribution >= 0.6 is 8.54 Å². The second-order valence-electron chi connectivity index (χ2n) is 4.64. The van der Waals surface area contributed by atoms with Gasteiger partial charge < -0.3 is 0 Å². The van der Waals surface area contributed by atoms with E-state index < -0.39 is 8.54 Å². The molecule has 1 aromatic heterocycles. The Morgan fingerprint density at radius 1 is 1.20 bits per heavy atom. The smallest absolute Gasteiger partial charge is 0.256 e. The van der Waals surface area contributed by atoms with Gasteiger partial charge in [-0.05, 0) is 55.7 Å². The van der Waals surface area contributed by atoms with Crippen LogP contribution in [0.2, 0.25) is 0 Å². The molecule has 20 heavy (non-hydrogen) atoms. The van der Waals surface area contributed by atoms with Crippen molar-refractivity contribution in [2.75, 3.05) is 0 Å². The maximum Gasteiger partial charge on any atom is 0.298 e. The molecule has 1 nitrogen and oxygen atoms in total. The number of benzene rings is 1. The molecule has 0 radical (unpaired) electrons. The van der Waals surface area contributed by atoms with Crippen molar-refractivity contribution in [1.29, 1.82) is 0 Å². The van der Waals surface area contributed by atoms with Crippen molar-refractivity contribution in [2.24, 2.45) is 0 Å². The molecule has 2 rings (SSSR count). The number of rotatable bonds is 3. The van der Waals surface area contributed by atoms with E-state index in [0.717, 1.165) is 28.0 Å². The molecule has 0 bridgehead atoms. The van der Waals surface area contributed by atoms with E-state index in [2.05, 4.69) is 4.98 Å². The predicted molar refractivity (Wildman–Crippen MR) is 82.5 cm³/mol. The fourth-order valence-electron chi connectivity index (χ4n) is 2.07. The molecule has 0 aliphatic rings. The van der Waals surface area contributed by atoms with E-state index in [1.807, 2.05) is 39.0 Å². The van der Waals surface area contributed by atoms with Crippen LogP contribution in [0, 0.1) is 6.92 Å². The Kier molecular flexibility index (Phi) is 4.61. The minimum absolute atomic E-state index is 0.101. The lowest BCUT2D eigenvalue weighted by Gasteiger charge is -2.09. The van der Waals surface area contributed by atoms with Crippen molar-refractivity contribution in [3.05, 3.63) is 53.9 Å². The number of nitrogens with zero attached hydrogens (tertiary/aromatic N) is 1. The summed E-state index contributed by atoms with van der Waals surface area (Å²) in [5.74, 6) is 0. The van der Waals surface area contributed by atoms with Gasteiger partial charge in [-0.15, -0.1) is 0 Å². The Bertz CT molecular complexity index is 651. The molecule has 0 N–H and O–H groups in total. The van der Waals surface area contributed by atoms with Crippen LogP contribution in [0.25, 0.3) is 16.7 Å². The Morgan fingerprint density at radius 2 is 1.95 bits per heavy atom. The second kappa shape index (κ2) is 6.23. The fraction of sp³-hybridized carbons (Fsp3) is 0.188. The zero-order valence-corrected chi connectivity index (χ0v) is 12.6. The van der Waals surface area contributed by atoms with Gasteiger partial charge in [0.05, 0.1) is 5.69 Å². The molecule has 2 aromatic rings. The van der Waals surface area contributed by atoms with Crippen LogP contribution < -0.4 is 5.30 Å². The Hall–Kier alpha value is -1.60. The molecule has 0 amide bonds. The minimum Gasteiger partial charge on any atom is -0.256 e. The maximum atomic E-state index is 12.8. The van der Waals surface area contributed by atoms with Gasteiger partial charge in [0.15, 0.2) is 0 Å². The molecule has 0 aliphatic carbocycles. The first-order chi connectivity index (χ1) is 9.52. The SMILES string of the molecule is C/C=C(/C)c1ncc(-c2cccc(P(F)F)c2)cc1C. The number of hydrogen-bond donors (Lipinski definition) is 0. The first-order valence-electron chi connectivity index (χ1n) is 6.35. The zero-order chi connectivity index (χ0) is 14.7. The van der Waals surface area contributed by atoms with Gasteiger partial charge in [0.25, 0.3) is 8.54 Å². The standard InChI is InChI=1S/C16H16F2NP/c1-4-11(2)16-12(3)8-14(10-19-16)13-6-5-7-15(9-13)20(17)18/h4-10H,1-3H3/b11-4-. The molecule has 0 saturated carbocycles.